The molecule has 0 atom stereocenters. The number of hydrogen-bond acceptors (Lipinski definition) is 6. The molecule has 1 aromatic heterocycles. The van der Waals surface area contributed by atoms with Gasteiger partial charge in [-0.15, -0.1) is 11.3 Å². The number of nitrogen functional groups attached to an aromatic ring is 1. The average molecular weight is 485 g/mol. The number of carbonyl (C=O) groups is 2. The molecule has 0 radical (unpaired) electrons. The van der Waals surface area contributed by atoms with Crippen LogP contribution in [0.5, 0.6) is 0 Å². The molecule has 1 saturated carbocycles. The number of ether oxygens (including phenoxy) is 1. The Morgan fingerprint density at radius 1 is 1.12 bits per heavy atom. The second-order valence-electron chi connectivity index (χ2n) is 9.31. The van der Waals surface area contributed by atoms with Gasteiger partial charge >= 0.3 is 6.03 Å². The lowest BCUT2D eigenvalue weighted by molar-refractivity contribution is 0.0364. The van der Waals surface area contributed by atoms with Gasteiger partial charge in [-0.05, 0) is 35.8 Å². The van der Waals surface area contributed by atoms with E-state index >= 15 is 0 Å². The highest BCUT2D eigenvalue weighted by molar-refractivity contribution is 7.08. The van der Waals surface area contributed by atoms with E-state index in [1.165, 1.54) is 24.2 Å². The largest absolute Gasteiger partial charge is 0.398 e. The maximum Gasteiger partial charge on any atom is 0.317 e. The van der Waals surface area contributed by atoms with E-state index in [0.29, 0.717) is 36.8 Å². The standard InChI is InChI=1S/C26H36N4O3S/c27-24-19-34-18-22(24)16-25(31)21-8-6-20(7-9-21)17-30(26(32)28-23-4-1-2-5-23)11-3-10-29-12-14-33-15-13-29/h6-9,18-19,23H,1-5,10-17,27H2,(H,28,32). The van der Waals surface area contributed by atoms with Crippen LogP contribution in [-0.2, 0) is 17.7 Å². The van der Waals surface area contributed by atoms with Crippen LogP contribution >= 0.6 is 11.3 Å². The van der Waals surface area contributed by atoms with E-state index in [0.717, 1.165) is 63.2 Å². The summed E-state index contributed by atoms with van der Waals surface area (Å²) in [6.07, 6.45) is 5.75. The second-order valence-corrected chi connectivity index (χ2v) is 10.1. The van der Waals surface area contributed by atoms with Crippen LogP contribution in [0.15, 0.2) is 35.0 Å². The van der Waals surface area contributed by atoms with Gasteiger partial charge in [-0.2, -0.15) is 0 Å². The molecule has 4 rings (SSSR count). The summed E-state index contributed by atoms with van der Waals surface area (Å²) in [7, 11) is 0. The number of thiophene rings is 1. The Kier molecular flexibility index (Phi) is 8.96. The molecular weight excluding hydrogens is 448 g/mol. The van der Waals surface area contributed by atoms with Crippen LogP contribution in [0, 0.1) is 0 Å². The molecule has 34 heavy (non-hydrogen) atoms. The van der Waals surface area contributed by atoms with Crippen molar-refractivity contribution in [1.29, 1.82) is 0 Å². The maximum atomic E-state index is 13.1. The summed E-state index contributed by atoms with van der Waals surface area (Å²) in [5.41, 5.74) is 9.18. The maximum absolute atomic E-state index is 13.1. The first-order valence-electron chi connectivity index (χ1n) is 12.4. The van der Waals surface area contributed by atoms with Crippen LogP contribution in [0.1, 0.15) is 53.6 Å². The number of urea groups is 1. The van der Waals surface area contributed by atoms with Gasteiger partial charge in [0.2, 0.25) is 0 Å². The zero-order valence-electron chi connectivity index (χ0n) is 19.8. The van der Waals surface area contributed by atoms with Crippen molar-refractivity contribution in [3.8, 4) is 0 Å². The molecular formula is C26H36N4O3S. The predicted molar refractivity (Wildman–Crippen MR) is 136 cm³/mol. The van der Waals surface area contributed by atoms with Crippen molar-refractivity contribution in [3.63, 3.8) is 0 Å². The van der Waals surface area contributed by atoms with E-state index in [9.17, 15) is 9.59 Å². The molecule has 2 heterocycles. The quantitative estimate of drug-likeness (QED) is 0.499. The monoisotopic (exact) mass is 484 g/mol. The third kappa shape index (κ3) is 7.04. The van der Waals surface area contributed by atoms with Gasteiger partial charge in [0, 0.05) is 61.8 Å². The van der Waals surface area contributed by atoms with Crippen LogP contribution in [-0.4, -0.2) is 67.0 Å². The van der Waals surface area contributed by atoms with E-state index in [-0.39, 0.29) is 11.8 Å². The summed E-state index contributed by atoms with van der Waals surface area (Å²) >= 11 is 1.51. The van der Waals surface area contributed by atoms with E-state index in [4.69, 9.17) is 10.5 Å². The number of hydrogen-bond donors (Lipinski definition) is 2. The number of anilines is 1. The number of Topliss-reactive ketones (excluding diaryl/α,β-unsaturated/α-hetero) is 1. The number of nitrogens with two attached hydrogens (primary N) is 1. The molecule has 2 fully saturated rings. The van der Waals surface area contributed by atoms with Crippen molar-refractivity contribution in [2.24, 2.45) is 0 Å². The van der Waals surface area contributed by atoms with Crippen molar-refractivity contribution in [2.45, 2.75) is 51.1 Å². The van der Waals surface area contributed by atoms with Gasteiger partial charge in [0.05, 0.1) is 13.2 Å². The summed E-state index contributed by atoms with van der Waals surface area (Å²) in [5.74, 6) is 0.0537. The fourth-order valence-electron chi connectivity index (χ4n) is 4.67. The van der Waals surface area contributed by atoms with Crippen LogP contribution in [0.4, 0.5) is 10.5 Å². The number of ketones is 1. The highest BCUT2D eigenvalue weighted by Gasteiger charge is 2.22. The predicted octanol–water partition coefficient (Wildman–Crippen LogP) is 3.93. The van der Waals surface area contributed by atoms with Gasteiger partial charge in [-0.1, -0.05) is 37.1 Å². The first-order valence-corrected chi connectivity index (χ1v) is 13.3. The highest BCUT2D eigenvalue weighted by Crippen LogP contribution is 2.20. The average Bonchev–Trinajstić information content (AvgIpc) is 3.51. The van der Waals surface area contributed by atoms with Crippen LogP contribution in [0.2, 0.25) is 0 Å². The Labute approximate surface area is 206 Å². The van der Waals surface area contributed by atoms with E-state index in [2.05, 4.69) is 10.2 Å². The zero-order chi connectivity index (χ0) is 23.8. The molecule has 184 valence electrons. The fourth-order valence-corrected chi connectivity index (χ4v) is 5.42. The molecule has 3 N–H and O–H groups in total. The Hall–Kier alpha value is -2.42. The molecule has 1 saturated heterocycles. The lowest BCUT2D eigenvalue weighted by atomic mass is 10.0. The topological polar surface area (TPSA) is 87.9 Å². The van der Waals surface area contributed by atoms with Gasteiger partial charge < -0.3 is 20.7 Å². The third-order valence-corrected chi connectivity index (χ3v) is 7.56. The molecule has 7 nitrogen and oxygen atoms in total. The minimum atomic E-state index is 0.0157. The van der Waals surface area contributed by atoms with Gasteiger partial charge in [0.15, 0.2) is 5.78 Å². The number of rotatable bonds is 10. The summed E-state index contributed by atoms with van der Waals surface area (Å²) in [6.45, 7) is 5.70. The number of morpholine rings is 1. The Morgan fingerprint density at radius 3 is 2.53 bits per heavy atom. The SMILES string of the molecule is Nc1cscc1CC(=O)c1ccc(CN(CCCN2CCOCC2)C(=O)NC2CCCC2)cc1. The molecule has 1 aliphatic carbocycles. The number of amides is 2. The third-order valence-electron chi connectivity index (χ3n) is 6.75. The van der Waals surface area contributed by atoms with E-state index in [1.54, 1.807) is 0 Å². The van der Waals surface area contributed by atoms with Crippen LogP contribution in [0.25, 0.3) is 0 Å². The minimum Gasteiger partial charge on any atom is -0.398 e. The number of benzene rings is 1. The lowest BCUT2D eigenvalue weighted by Crippen LogP contribution is -2.45. The van der Waals surface area contributed by atoms with Crippen molar-refractivity contribution < 1.29 is 14.3 Å². The lowest BCUT2D eigenvalue weighted by Gasteiger charge is -2.29. The highest BCUT2D eigenvalue weighted by atomic mass is 32.1. The molecule has 0 bridgehead atoms. The van der Waals surface area contributed by atoms with Gasteiger partial charge in [-0.3, -0.25) is 9.69 Å². The molecule has 8 heteroatoms. The van der Waals surface area contributed by atoms with Crippen molar-refractivity contribution in [3.05, 3.63) is 51.7 Å². The summed E-state index contributed by atoms with van der Waals surface area (Å²) in [6, 6.07) is 7.95. The van der Waals surface area contributed by atoms with E-state index < -0.39 is 0 Å². The van der Waals surface area contributed by atoms with Gasteiger partial charge in [0.1, 0.15) is 0 Å². The van der Waals surface area contributed by atoms with Crippen LogP contribution in [0.3, 0.4) is 0 Å². The second kappa shape index (κ2) is 12.3. The van der Waals surface area contributed by atoms with Gasteiger partial charge in [0.25, 0.3) is 0 Å². The zero-order valence-corrected chi connectivity index (χ0v) is 20.7. The first-order chi connectivity index (χ1) is 16.6. The Balaban J connectivity index is 1.35. The molecule has 0 unspecified atom stereocenters. The minimum absolute atomic E-state index is 0.0157. The van der Waals surface area contributed by atoms with Crippen LogP contribution < -0.4 is 11.1 Å². The van der Waals surface area contributed by atoms with Gasteiger partial charge in [-0.25, -0.2) is 4.79 Å². The van der Waals surface area contributed by atoms with Crippen molar-refractivity contribution in [1.82, 2.24) is 15.1 Å². The number of carbonyl (C=O) groups excluding carboxylic acids is 2. The Morgan fingerprint density at radius 2 is 1.85 bits per heavy atom. The molecule has 2 amide bonds. The molecule has 2 aliphatic rings. The molecule has 2 aromatic rings. The molecule has 1 aliphatic heterocycles. The normalized spacial score (nSPS) is 17.1. The number of nitrogens with one attached hydrogen (secondary N) is 1. The number of nitrogens with zero attached hydrogens (tertiary/aromatic N) is 2. The smallest absolute Gasteiger partial charge is 0.317 e. The summed E-state index contributed by atoms with van der Waals surface area (Å²) in [4.78, 5) is 30.1. The first kappa shape index (κ1) is 24.7. The van der Waals surface area contributed by atoms with Crippen molar-refractivity contribution in [2.75, 3.05) is 45.1 Å². The molecule has 0 spiro atoms. The Bertz CT molecular complexity index is 934. The molecule has 1 aromatic carbocycles. The van der Waals surface area contributed by atoms with Crippen molar-refractivity contribution >= 4 is 28.8 Å². The fraction of sp³-hybridized carbons (Fsp3) is 0.538. The summed E-state index contributed by atoms with van der Waals surface area (Å²) in [5, 5.41) is 7.02. The summed E-state index contributed by atoms with van der Waals surface area (Å²) < 4.78 is 5.43. The van der Waals surface area contributed by atoms with E-state index in [1.807, 2.05) is 39.9 Å².